The third-order valence-corrected chi connectivity index (χ3v) is 3.36. The predicted molar refractivity (Wildman–Crippen MR) is 77.6 cm³/mol. The number of urea groups is 1. The normalized spacial score (nSPS) is 11.7. The number of nitrogens with one attached hydrogen (secondary N) is 2. The van der Waals surface area contributed by atoms with Crippen LogP contribution in [0.4, 0.5) is 4.79 Å². The van der Waals surface area contributed by atoms with Crippen molar-refractivity contribution in [1.82, 2.24) is 20.0 Å². The lowest BCUT2D eigenvalue weighted by Gasteiger charge is -2.18. The van der Waals surface area contributed by atoms with Crippen LogP contribution in [0.15, 0.2) is 17.8 Å². The van der Waals surface area contributed by atoms with Gasteiger partial charge in [0.1, 0.15) is 0 Å². The summed E-state index contributed by atoms with van der Waals surface area (Å²) in [5.41, 5.74) is 1.11. The molecule has 0 spiro atoms. The molecule has 5 nitrogen and oxygen atoms in total. The minimum atomic E-state index is -0.115. The summed E-state index contributed by atoms with van der Waals surface area (Å²) in [6.45, 7) is 7.53. The molecule has 2 rings (SSSR count). The highest BCUT2D eigenvalue weighted by Crippen LogP contribution is 2.11. The minimum Gasteiger partial charge on any atom is -0.338 e. The lowest BCUT2D eigenvalue weighted by molar-refractivity contribution is 0.235. The summed E-state index contributed by atoms with van der Waals surface area (Å²) < 4.78 is 2.00. The molecule has 0 bridgehead atoms. The maximum Gasteiger partial charge on any atom is 0.314 e. The minimum absolute atomic E-state index is 0.103. The average Bonchev–Trinajstić information content (AvgIpc) is 2.85. The van der Waals surface area contributed by atoms with Gasteiger partial charge in [0, 0.05) is 37.3 Å². The average molecular weight is 280 g/mol. The number of thiazole rings is 1. The molecule has 104 valence electrons. The quantitative estimate of drug-likeness (QED) is 0.902. The van der Waals surface area contributed by atoms with Gasteiger partial charge in [0.25, 0.3) is 0 Å². The van der Waals surface area contributed by atoms with E-state index in [9.17, 15) is 4.79 Å². The van der Waals surface area contributed by atoms with Gasteiger partial charge < -0.3 is 10.6 Å². The third-order valence-electron chi connectivity index (χ3n) is 2.59. The van der Waals surface area contributed by atoms with Gasteiger partial charge in [-0.1, -0.05) is 20.8 Å². The van der Waals surface area contributed by atoms with E-state index in [1.165, 1.54) is 0 Å². The van der Waals surface area contributed by atoms with Gasteiger partial charge in [-0.3, -0.25) is 4.40 Å². The Kier molecular flexibility index (Phi) is 4.09. The Bertz CT molecular complexity index is 524. The molecule has 2 amide bonds. The molecule has 0 radical (unpaired) electrons. The highest BCUT2D eigenvalue weighted by atomic mass is 32.1. The van der Waals surface area contributed by atoms with Crippen molar-refractivity contribution in [3.63, 3.8) is 0 Å². The Morgan fingerprint density at radius 1 is 1.42 bits per heavy atom. The first-order chi connectivity index (χ1) is 8.94. The second kappa shape index (κ2) is 5.61. The first-order valence-corrected chi connectivity index (χ1v) is 7.25. The smallest absolute Gasteiger partial charge is 0.314 e. The van der Waals surface area contributed by atoms with Gasteiger partial charge in [0.15, 0.2) is 4.96 Å². The molecule has 0 unspecified atom stereocenters. The molecule has 19 heavy (non-hydrogen) atoms. The second-order valence-corrected chi connectivity index (χ2v) is 6.62. The zero-order valence-electron chi connectivity index (χ0n) is 11.6. The largest absolute Gasteiger partial charge is 0.338 e. The molecule has 0 saturated heterocycles. The van der Waals surface area contributed by atoms with Gasteiger partial charge in [0.05, 0.1) is 5.69 Å². The molecular formula is C13H20N4OS. The van der Waals surface area contributed by atoms with Crippen molar-refractivity contribution in [3.8, 4) is 0 Å². The van der Waals surface area contributed by atoms with Crippen molar-refractivity contribution >= 4 is 22.3 Å². The van der Waals surface area contributed by atoms with Crippen LogP contribution in [0.3, 0.4) is 0 Å². The monoisotopic (exact) mass is 280 g/mol. The highest BCUT2D eigenvalue weighted by Gasteiger charge is 2.11. The number of rotatable bonds is 4. The molecule has 0 aromatic carbocycles. The fraction of sp³-hybridized carbons (Fsp3) is 0.538. The number of carbonyl (C=O) groups is 1. The Morgan fingerprint density at radius 3 is 2.89 bits per heavy atom. The Balaban J connectivity index is 1.71. The van der Waals surface area contributed by atoms with Gasteiger partial charge in [-0.25, -0.2) is 9.78 Å². The van der Waals surface area contributed by atoms with E-state index in [0.29, 0.717) is 13.1 Å². The van der Waals surface area contributed by atoms with Gasteiger partial charge >= 0.3 is 6.03 Å². The van der Waals surface area contributed by atoms with Crippen molar-refractivity contribution in [2.75, 3.05) is 13.1 Å². The SMILES string of the molecule is CC(C)(C)CNC(=O)NCCc1cn2ccsc2n1. The van der Waals surface area contributed by atoms with Crippen molar-refractivity contribution in [3.05, 3.63) is 23.5 Å². The Labute approximate surface area is 117 Å². The standard InChI is InChI=1S/C13H20N4OS/c1-13(2,3)9-15-11(18)14-5-4-10-8-17-6-7-19-12(17)16-10/h6-8H,4-5,9H2,1-3H3,(H2,14,15,18). The van der Waals surface area contributed by atoms with Gasteiger partial charge in [-0.15, -0.1) is 11.3 Å². The van der Waals surface area contributed by atoms with E-state index in [1.54, 1.807) is 11.3 Å². The van der Waals surface area contributed by atoms with Crippen LogP contribution in [-0.4, -0.2) is 28.5 Å². The molecule has 0 aliphatic rings. The van der Waals surface area contributed by atoms with E-state index in [-0.39, 0.29) is 11.4 Å². The maximum atomic E-state index is 11.6. The molecule has 2 N–H and O–H groups in total. The van der Waals surface area contributed by atoms with Crippen LogP contribution in [0.25, 0.3) is 4.96 Å². The lowest BCUT2D eigenvalue weighted by atomic mass is 9.97. The number of carbonyl (C=O) groups excluding carboxylic acids is 1. The molecule has 0 saturated carbocycles. The molecule has 0 aliphatic heterocycles. The number of hydrogen-bond donors (Lipinski definition) is 2. The van der Waals surface area contributed by atoms with E-state index in [2.05, 4.69) is 36.4 Å². The van der Waals surface area contributed by atoms with Crippen molar-refractivity contribution in [1.29, 1.82) is 0 Å². The van der Waals surface area contributed by atoms with Gasteiger partial charge in [-0.2, -0.15) is 0 Å². The Hall–Kier alpha value is -1.56. The first kappa shape index (κ1) is 13.9. The summed E-state index contributed by atoms with van der Waals surface area (Å²) in [5, 5.41) is 7.71. The topological polar surface area (TPSA) is 58.4 Å². The summed E-state index contributed by atoms with van der Waals surface area (Å²) in [4.78, 5) is 17.0. The van der Waals surface area contributed by atoms with E-state index in [1.807, 2.05) is 22.2 Å². The molecule has 0 aliphatic carbocycles. The van der Waals surface area contributed by atoms with Crippen LogP contribution in [0.5, 0.6) is 0 Å². The van der Waals surface area contributed by atoms with Crippen LogP contribution >= 0.6 is 11.3 Å². The van der Waals surface area contributed by atoms with Crippen LogP contribution in [0.2, 0.25) is 0 Å². The molecule has 2 aromatic rings. The summed E-state index contributed by atoms with van der Waals surface area (Å²) in [7, 11) is 0. The lowest BCUT2D eigenvalue weighted by Crippen LogP contribution is -2.40. The highest BCUT2D eigenvalue weighted by molar-refractivity contribution is 7.15. The van der Waals surface area contributed by atoms with Crippen LogP contribution in [0.1, 0.15) is 26.5 Å². The van der Waals surface area contributed by atoms with Crippen molar-refractivity contribution in [2.24, 2.45) is 5.41 Å². The molecule has 0 atom stereocenters. The maximum absolute atomic E-state index is 11.6. The zero-order chi connectivity index (χ0) is 13.9. The number of imidazole rings is 1. The number of hydrogen-bond acceptors (Lipinski definition) is 3. The van der Waals surface area contributed by atoms with Gasteiger partial charge in [0.2, 0.25) is 0 Å². The van der Waals surface area contributed by atoms with E-state index in [4.69, 9.17) is 0 Å². The Morgan fingerprint density at radius 2 is 2.21 bits per heavy atom. The van der Waals surface area contributed by atoms with Crippen LogP contribution < -0.4 is 10.6 Å². The molecule has 0 fully saturated rings. The van der Waals surface area contributed by atoms with E-state index < -0.39 is 0 Å². The molecule has 2 heterocycles. The summed E-state index contributed by atoms with van der Waals surface area (Å²) in [6, 6.07) is -0.115. The summed E-state index contributed by atoms with van der Waals surface area (Å²) >= 11 is 1.61. The number of fused-ring (bicyclic) bond motifs is 1. The van der Waals surface area contributed by atoms with Crippen molar-refractivity contribution < 1.29 is 4.79 Å². The predicted octanol–water partition coefficient (Wildman–Crippen LogP) is 2.28. The molecule has 6 heteroatoms. The number of amides is 2. The van der Waals surface area contributed by atoms with E-state index in [0.717, 1.165) is 17.1 Å². The molecule has 2 aromatic heterocycles. The van der Waals surface area contributed by atoms with Crippen molar-refractivity contribution in [2.45, 2.75) is 27.2 Å². The number of nitrogens with zero attached hydrogens (tertiary/aromatic N) is 2. The summed E-state index contributed by atoms with van der Waals surface area (Å²) in [6.07, 6.45) is 4.73. The zero-order valence-corrected chi connectivity index (χ0v) is 12.4. The summed E-state index contributed by atoms with van der Waals surface area (Å²) in [5.74, 6) is 0. The van der Waals surface area contributed by atoms with Crippen LogP contribution in [-0.2, 0) is 6.42 Å². The van der Waals surface area contributed by atoms with Gasteiger partial charge in [-0.05, 0) is 5.41 Å². The fourth-order valence-electron chi connectivity index (χ4n) is 1.61. The fourth-order valence-corrected chi connectivity index (χ4v) is 2.33. The first-order valence-electron chi connectivity index (χ1n) is 6.37. The molecular weight excluding hydrogens is 260 g/mol. The number of aromatic nitrogens is 2. The second-order valence-electron chi connectivity index (χ2n) is 5.75. The third kappa shape index (κ3) is 4.24. The van der Waals surface area contributed by atoms with E-state index >= 15 is 0 Å². The van der Waals surface area contributed by atoms with Crippen LogP contribution in [0, 0.1) is 5.41 Å².